The lowest BCUT2D eigenvalue weighted by molar-refractivity contribution is 0.249. The van der Waals surface area contributed by atoms with Crippen LogP contribution in [0, 0.1) is 6.92 Å². The molecule has 2 heteroatoms. The molecule has 2 aromatic carbocycles. The van der Waals surface area contributed by atoms with Crippen LogP contribution < -0.4 is 5.32 Å². The van der Waals surface area contributed by atoms with E-state index in [-0.39, 0.29) is 0 Å². The number of hydrogen-bond acceptors (Lipinski definition) is 2. The van der Waals surface area contributed by atoms with Crippen LogP contribution in [-0.2, 0) is 13.1 Å². The van der Waals surface area contributed by atoms with E-state index in [1.807, 2.05) is 0 Å². The maximum atomic E-state index is 3.65. The maximum Gasteiger partial charge on any atom is 0.0452 e. The van der Waals surface area contributed by atoms with Gasteiger partial charge in [-0.25, -0.2) is 0 Å². The van der Waals surface area contributed by atoms with E-state index in [1.165, 1.54) is 22.3 Å². The summed E-state index contributed by atoms with van der Waals surface area (Å²) in [5.74, 6) is 0. The van der Waals surface area contributed by atoms with Gasteiger partial charge in [-0.2, -0.15) is 0 Å². The number of likely N-dealkylation sites (N-methyl/N-ethyl adjacent to an activating group) is 1. The van der Waals surface area contributed by atoms with Crippen LogP contribution in [-0.4, -0.2) is 18.0 Å². The topological polar surface area (TPSA) is 15.3 Å². The number of fused-ring (bicyclic) bond motifs is 1. The van der Waals surface area contributed by atoms with E-state index in [0.29, 0.717) is 6.04 Å². The summed E-state index contributed by atoms with van der Waals surface area (Å²) in [6, 6.07) is 17.9. The summed E-state index contributed by atoms with van der Waals surface area (Å²) in [5.41, 5.74) is 5.77. The molecule has 1 aliphatic rings. The molecule has 1 aliphatic heterocycles. The highest BCUT2D eigenvalue weighted by Gasteiger charge is 2.22. The zero-order valence-corrected chi connectivity index (χ0v) is 13.0. The number of aryl methyl sites for hydroxylation is 1. The van der Waals surface area contributed by atoms with Crippen molar-refractivity contribution in [2.45, 2.75) is 33.0 Å². The molecule has 0 radical (unpaired) electrons. The first-order valence-corrected chi connectivity index (χ1v) is 7.86. The molecule has 0 spiro atoms. The van der Waals surface area contributed by atoms with Crippen molar-refractivity contribution >= 4 is 0 Å². The van der Waals surface area contributed by atoms with Crippen molar-refractivity contribution in [2.75, 3.05) is 13.1 Å². The Bertz CT molecular complexity index is 581. The van der Waals surface area contributed by atoms with Gasteiger partial charge in [-0.3, -0.25) is 4.90 Å². The average Bonchev–Trinajstić information content (AvgIpc) is 2.89. The number of hydrogen-bond donors (Lipinski definition) is 1. The largest absolute Gasteiger partial charge is 0.309 e. The molecule has 1 unspecified atom stereocenters. The normalized spacial score (nSPS) is 15.9. The Morgan fingerprint density at radius 3 is 2.24 bits per heavy atom. The first kappa shape index (κ1) is 14.3. The second-order valence-electron chi connectivity index (χ2n) is 5.91. The van der Waals surface area contributed by atoms with Crippen LogP contribution in [0.4, 0.5) is 0 Å². The van der Waals surface area contributed by atoms with Crippen molar-refractivity contribution in [1.82, 2.24) is 10.2 Å². The van der Waals surface area contributed by atoms with Crippen molar-refractivity contribution in [3.63, 3.8) is 0 Å². The fourth-order valence-corrected chi connectivity index (χ4v) is 3.29. The molecule has 0 bridgehead atoms. The van der Waals surface area contributed by atoms with E-state index < -0.39 is 0 Å². The summed E-state index contributed by atoms with van der Waals surface area (Å²) in [5, 5.41) is 3.65. The molecule has 0 fully saturated rings. The highest BCUT2D eigenvalue weighted by molar-refractivity contribution is 5.32. The number of rotatable bonds is 5. The van der Waals surface area contributed by atoms with Gasteiger partial charge in [0.25, 0.3) is 0 Å². The molecule has 0 aromatic heterocycles. The molecule has 21 heavy (non-hydrogen) atoms. The summed E-state index contributed by atoms with van der Waals surface area (Å²) in [6.07, 6.45) is 0. The molecule has 1 heterocycles. The molecule has 1 N–H and O–H groups in total. The molecule has 0 aliphatic carbocycles. The van der Waals surface area contributed by atoms with Gasteiger partial charge in [0.05, 0.1) is 0 Å². The molecule has 1 atom stereocenters. The lowest BCUT2D eigenvalue weighted by atomic mass is 10.0. The Kier molecular flexibility index (Phi) is 4.37. The van der Waals surface area contributed by atoms with Crippen LogP contribution in [0.2, 0.25) is 0 Å². The van der Waals surface area contributed by atoms with Gasteiger partial charge in [-0.15, -0.1) is 0 Å². The van der Waals surface area contributed by atoms with Gasteiger partial charge in [0, 0.05) is 25.7 Å². The molecule has 2 nitrogen and oxygen atoms in total. The zero-order valence-electron chi connectivity index (χ0n) is 13.0. The van der Waals surface area contributed by atoms with Crippen molar-refractivity contribution in [2.24, 2.45) is 0 Å². The van der Waals surface area contributed by atoms with Crippen LogP contribution in [0.1, 0.15) is 35.2 Å². The quantitative estimate of drug-likeness (QED) is 0.899. The Balaban J connectivity index is 1.74. The Morgan fingerprint density at radius 2 is 1.62 bits per heavy atom. The summed E-state index contributed by atoms with van der Waals surface area (Å²) in [7, 11) is 0. The number of benzene rings is 2. The second kappa shape index (κ2) is 6.42. The number of nitrogens with one attached hydrogen (secondary N) is 1. The van der Waals surface area contributed by atoms with Gasteiger partial charge >= 0.3 is 0 Å². The van der Waals surface area contributed by atoms with Gasteiger partial charge in [-0.1, -0.05) is 55.5 Å². The molecule has 0 saturated heterocycles. The van der Waals surface area contributed by atoms with Gasteiger partial charge < -0.3 is 5.32 Å². The monoisotopic (exact) mass is 280 g/mol. The van der Waals surface area contributed by atoms with Crippen LogP contribution in [0.15, 0.2) is 48.5 Å². The van der Waals surface area contributed by atoms with Crippen molar-refractivity contribution in [3.05, 3.63) is 70.8 Å². The smallest absolute Gasteiger partial charge is 0.0452 e. The molecule has 3 rings (SSSR count). The SMILES string of the molecule is CCNC(CN1Cc2ccccc2C1)c1ccccc1C. The van der Waals surface area contributed by atoms with E-state index in [0.717, 1.165) is 26.2 Å². The second-order valence-corrected chi connectivity index (χ2v) is 5.91. The fourth-order valence-electron chi connectivity index (χ4n) is 3.29. The molecular formula is C19H24N2. The molecule has 0 amide bonds. The highest BCUT2D eigenvalue weighted by atomic mass is 15.2. The van der Waals surface area contributed by atoms with Gasteiger partial charge in [-0.05, 0) is 35.7 Å². The third-order valence-corrected chi connectivity index (χ3v) is 4.36. The van der Waals surface area contributed by atoms with Crippen molar-refractivity contribution in [1.29, 1.82) is 0 Å². The Morgan fingerprint density at radius 1 is 1.00 bits per heavy atom. The van der Waals surface area contributed by atoms with E-state index in [9.17, 15) is 0 Å². The lowest BCUT2D eigenvalue weighted by Crippen LogP contribution is -2.32. The summed E-state index contributed by atoms with van der Waals surface area (Å²) in [4.78, 5) is 2.55. The third-order valence-electron chi connectivity index (χ3n) is 4.36. The minimum absolute atomic E-state index is 0.408. The first-order chi connectivity index (χ1) is 10.3. The minimum Gasteiger partial charge on any atom is -0.309 e. The van der Waals surface area contributed by atoms with Crippen LogP contribution >= 0.6 is 0 Å². The predicted octanol–water partition coefficient (Wildman–Crippen LogP) is 3.66. The maximum absolute atomic E-state index is 3.65. The van der Waals surface area contributed by atoms with E-state index in [1.54, 1.807) is 0 Å². The van der Waals surface area contributed by atoms with Crippen molar-refractivity contribution in [3.8, 4) is 0 Å². The minimum atomic E-state index is 0.408. The third kappa shape index (κ3) is 3.17. The summed E-state index contributed by atoms with van der Waals surface area (Å²) < 4.78 is 0. The van der Waals surface area contributed by atoms with Crippen LogP contribution in [0.5, 0.6) is 0 Å². The standard InChI is InChI=1S/C19H24N2/c1-3-20-19(18-11-7-4-8-15(18)2)14-21-12-16-9-5-6-10-17(16)13-21/h4-11,19-20H,3,12-14H2,1-2H3. The molecular weight excluding hydrogens is 256 g/mol. The predicted molar refractivity (Wildman–Crippen MR) is 88.2 cm³/mol. The average molecular weight is 280 g/mol. The summed E-state index contributed by atoms with van der Waals surface area (Å²) >= 11 is 0. The molecule has 2 aromatic rings. The van der Waals surface area contributed by atoms with Gasteiger partial charge in [0.2, 0.25) is 0 Å². The zero-order chi connectivity index (χ0) is 14.7. The Labute approximate surface area is 127 Å². The lowest BCUT2D eigenvalue weighted by Gasteiger charge is -2.25. The Hall–Kier alpha value is -1.64. The van der Waals surface area contributed by atoms with Crippen LogP contribution in [0.3, 0.4) is 0 Å². The fraction of sp³-hybridized carbons (Fsp3) is 0.368. The highest BCUT2D eigenvalue weighted by Crippen LogP contribution is 2.26. The summed E-state index contributed by atoms with van der Waals surface area (Å²) in [6.45, 7) is 8.60. The first-order valence-electron chi connectivity index (χ1n) is 7.86. The van der Waals surface area contributed by atoms with Gasteiger partial charge in [0.1, 0.15) is 0 Å². The molecule has 0 saturated carbocycles. The van der Waals surface area contributed by atoms with E-state index in [2.05, 4.69) is 72.6 Å². The van der Waals surface area contributed by atoms with E-state index >= 15 is 0 Å². The molecule has 110 valence electrons. The number of nitrogens with zero attached hydrogens (tertiary/aromatic N) is 1. The van der Waals surface area contributed by atoms with Crippen LogP contribution in [0.25, 0.3) is 0 Å². The van der Waals surface area contributed by atoms with Gasteiger partial charge in [0.15, 0.2) is 0 Å². The van der Waals surface area contributed by atoms with E-state index in [4.69, 9.17) is 0 Å². The van der Waals surface area contributed by atoms with Crippen molar-refractivity contribution < 1.29 is 0 Å².